The van der Waals surface area contributed by atoms with Gasteiger partial charge in [0, 0.05) is 30.8 Å². The van der Waals surface area contributed by atoms with Crippen LogP contribution in [0.3, 0.4) is 0 Å². The van der Waals surface area contributed by atoms with Crippen LogP contribution in [0.2, 0.25) is 0 Å². The fourth-order valence-corrected chi connectivity index (χ4v) is 3.58. The van der Waals surface area contributed by atoms with Crippen LogP contribution in [0.5, 0.6) is 0 Å². The lowest BCUT2D eigenvalue weighted by Crippen LogP contribution is -2.42. The fraction of sp³-hybridized carbons (Fsp3) is 0.370. The maximum absolute atomic E-state index is 13.1. The molecular formula is C27H32F3N5O3. The molecule has 0 unspecified atom stereocenters. The predicted molar refractivity (Wildman–Crippen MR) is 140 cm³/mol. The van der Waals surface area contributed by atoms with Crippen LogP contribution in [0.25, 0.3) is 5.69 Å². The van der Waals surface area contributed by atoms with Gasteiger partial charge in [-0.15, -0.1) is 0 Å². The van der Waals surface area contributed by atoms with E-state index in [0.29, 0.717) is 5.82 Å². The summed E-state index contributed by atoms with van der Waals surface area (Å²) in [5.41, 5.74) is 1.59. The number of halogens is 3. The normalized spacial score (nSPS) is 11.8. The average Bonchev–Trinajstić information content (AvgIpc) is 3.25. The molecular weight excluding hydrogens is 499 g/mol. The number of alkyl halides is 3. The molecule has 2 N–H and O–H groups in total. The van der Waals surface area contributed by atoms with Gasteiger partial charge in [-0.05, 0) is 42.8 Å². The molecule has 8 nitrogen and oxygen atoms in total. The van der Waals surface area contributed by atoms with Gasteiger partial charge in [-0.3, -0.25) is 4.79 Å². The standard InChI is InChI=1S/C27H32F3N5O3/c1-18-8-6-7-9-21(18)35-23(16-22(33-35)26(2,3)4)32-24(36)17-34(14-15-38-5)25(37)31-20-12-10-19(11-13-20)27(28,29)30/h6-13,16H,14-15,17H2,1-5H3,(H,31,37)(H,32,36). The van der Waals surface area contributed by atoms with E-state index in [9.17, 15) is 22.8 Å². The number of nitrogens with zero attached hydrogens (tertiary/aromatic N) is 3. The molecule has 2 aromatic carbocycles. The smallest absolute Gasteiger partial charge is 0.383 e. The third-order valence-corrected chi connectivity index (χ3v) is 5.74. The summed E-state index contributed by atoms with van der Waals surface area (Å²) in [6.45, 7) is 7.91. The molecule has 0 aliphatic heterocycles. The highest BCUT2D eigenvalue weighted by Crippen LogP contribution is 2.30. The first-order valence-electron chi connectivity index (χ1n) is 12.0. The summed E-state index contributed by atoms with van der Waals surface area (Å²) in [6, 6.07) is 12.8. The van der Waals surface area contributed by atoms with Crippen molar-refractivity contribution in [1.82, 2.24) is 14.7 Å². The van der Waals surface area contributed by atoms with E-state index in [1.165, 1.54) is 12.0 Å². The number of aryl methyl sites for hydroxylation is 1. The van der Waals surface area contributed by atoms with Crippen molar-refractivity contribution in [3.05, 3.63) is 71.4 Å². The highest BCUT2D eigenvalue weighted by molar-refractivity contribution is 5.96. The Morgan fingerprint density at radius 1 is 1.03 bits per heavy atom. The molecule has 0 radical (unpaired) electrons. The maximum atomic E-state index is 13.1. The molecule has 11 heteroatoms. The van der Waals surface area contributed by atoms with E-state index >= 15 is 0 Å². The molecule has 1 heterocycles. The molecule has 38 heavy (non-hydrogen) atoms. The minimum atomic E-state index is -4.48. The van der Waals surface area contributed by atoms with Gasteiger partial charge in [-0.1, -0.05) is 39.0 Å². The highest BCUT2D eigenvalue weighted by atomic mass is 19.4. The SMILES string of the molecule is COCCN(CC(=O)Nc1cc(C(C)(C)C)nn1-c1ccccc1C)C(=O)Nc1ccc(C(F)(F)F)cc1. The van der Waals surface area contributed by atoms with Gasteiger partial charge in [-0.25, -0.2) is 9.48 Å². The number of methoxy groups -OCH3 is 1. The van der Waals surface area contributed by atoms with Crippen molar-refractivity contribution in [1.29, 1.82) is 0 Å². The van der Waals surface area contributed by atoms with Crippen LogP contribution in [-0.4, -0.2) is 53.4 Å². The Morgan fingerprint density at radius 2 is 1.68 bits per heavy atom. The lowest BCUT2D eigenvalue weighted by Gasteiger charge is -2.22. The molecule has 0 atom stereocenters. The summed E-state index contributed by atoms with van der Waals surface area (Å²) in [7, 11) is 1.46. The van der Waals surface area contributed by atoms with Gasteiger partial charge in [0.1, 0.15) is 12.4 Å². The number of carbonyl (C=O) groups is 2. The number of hydrogen-bond acceptors (Lipinski definition) is 4. The number of amides is 3. The Bertz CT molecular complexity index is 1260. The maximum Gasteiger partial charge on any atom is 0.416 e. The first kappa shape index (κ1) is 28.7. The Kier molecular flexibility index (Phi) is 8.82. The number of urea groups is 1. The number of para-hydroxylation sites is 1. The molecule has 3 rings (SSSR count). The molecule has 0 aliphatic carbocycles. The second kappa shape index (κ2) is 11.7. The first-order valence-corrected chi connectivity index (χ1v) is 12.0. The molecule has 204 valence electrons. The number of benzene rings is 2. The van der Waals surface area contributed by atoms with Crippen LogP contribution >= 0.6 is 0 Å². The molecule has 1 aromatic heterocycles. The number of carbonyl (C=O) groups excluding carboxylic acids is 2. The van der Waals surface area contributed by atoms with Crippen LogP contribution in [-0.2, 0) is 21.1 Å². The Balaban J connectivity index is 1.79. The zero-order valence-electron chi connectivity index (χ0n) is 22.0. The molecule has 0 aliphatic rings. The summed E-state index contributed by atoms with van der Waals surface area (Å²) in [6.07, 6.45) is -4.48. The third-order valence-electron chi connectivity index (χ3n) is 5.74. The second-order valence-corrected chi connectivity index (χ2v) is 9.83. The fourth-order valence-electron chi connectivity index (χ4n) is 3.58. The van der Waals surface area contributed by atoms with Crippen LogP contribution in [0, 0.1) is 6.92 Å². The number of rotatable bonds is 8. The van der Waals surface area contributed by atoms with Crippen molar-refractivity contribution in [3.8, 4) is 5.69 Å². The van der Waals surface area contributed by atoms with Gasteiger partial charge < -0.3 is 20.3 Å². The average molecular weight is 532 g/mol. The second-order valence-electron chi connectivity index (χ2n) is 9.83. The van der Waals surface area contributed by atoms with Crippen molar-refractivity contribution in [2.75, 3.05) is 37.4 Å². The summed E-state index contributed by atoms with van der Waals surface area (Å²) < 4.78 is 45.2. The molecule has 0 bridgehead atoms. The zero-order chi connectivity index (χ0) is 28.1. The lowest BCUT2D eigenvalue weighted by atomic mass is 9.92. The topological polar surface area (TPSA) is 88.5 Å². The van der Waals surface area contributed by atoms with E-state index < -0.39 is 23.7 Å². The lowest BCUT2D eigenvalue weighted by molar-refractivity contribution is -0.137. The van der Waals surface area contributed by atoms with E-state index in [1.807, 2.05) is 52.0 Å². The quantitative estimate of drug-likeness (QED) is 0.395. The highest BCUT2D eigenvalue weighted by Gasteiger charge is 2.30. The van der Waals surface area contributed by atoms with Gasteiger partial charge in [0.25, 0.3) is 0 Å². The van der Waals surface area contributed by atoms with E-state index in [0.717, 1.165) is 41.2 Å². The van der Waals surface area contributed by atoms with E-state index in [1.54, 1.807) is 10.7 Å². The van der Waals surface area contributed by atoms with Crippen LogP contribution in [0.15, 0.2) is 54.6 Å². The number of ether oxygens (including phenoxy) is 1. The van der Waals surface area contributed by atoms with Crippen molar-refractivity contribution in [2.24, 2.45) is 0 Å². The Morgan fingerprint density at radius 3 is 2.26 bits per heavy atom. The summed E-state index contributed by atoms with van der Waals surface area (Å²) in [5.74, 6) is -0.0251. The summed E-state index contributed by atoms with van der Waals surface area (Å²) in [4.78, 5) is 27.2. The number of nitrogens with one attached hydrogen (secondary N) is 2. The molecule has 0 spiro atoms. The molecule has 3 aromatic rings. The van der Waals surface area contributed by atoms with Gasteiger partial charge in [0.15, 0.2) is 0 Å². The number of aromatic nitrogens is 2. The number of hydrogen-bond donors (Lipinski definition) is 2. The largest absolute Gasteiger partial charge is 0.416 e. The Hall–Kier alpha value is -3.86. The van der Waals surface area contributed by atoms with Crippen LogP contribution < -0.4 is 10.6 Å². The summed E-state index contributed by atoms with van der Waals surface area (Å²) in [5, 5.41) is 10.1. The van der Waals surface area contributed by atoms with Gasteiger partial charge in [0.2, 0.25) is 5.91 Å². The minimum Gasteiger partial charge on any atom is -0.383 e. The molecule has 0 saturated heterocycles. The molecule has 3 amide bonds. The van der Waals surface area contributed by atoms with Crippen LogP contribution in [0.4, 0.5) is 29.5 Å². The number of anilines is 2. The summed E-state index contributed by atoms with van der Waals surface area (Å²) >= 11 is 0. The van der Waals surface area contributed by atoms with E-state index in [4.69, 9.17) is 9.84 Å². The molecule has 0 saturated carbocycles. The van der Waals surface area contributed by atoms with Crippen LogP contribution in [0.1, 0.15) is 37.6 Å². The first-order chi connectivity index (χ1) is 17.8. The van der Waals surface area contributed by atoms with Crippen molar-refractivity contribution >= 4 is 23.4 Å². The van der Waals surface area contributed by atoms with Gasteiger partial charge >= 0.3 is 12.2 Å². The Labute approximate surface area is 219 Å². The van der Waals surface area contributed by atoms with E-state index in [2.05, 4.69) is 10.6 Å². The monoisotopic (exact) mass is 531 g/mol. The molecule has 0 fully saturated rings. The van der Waals surface area contributed by atoms with Gasteiger partial charge in [0.05, 0.1) is 23.6 Å². The zero-order valence-corrected chi connectivity index (χ0v) is 22.0. The van der Waals surface area contributed by atoms with Crippen molar-refractivity contribution in [3.63, 3.8) is 0 Å². The van der Waals surface area contributed by atoms with Crippen molar-refractivity contribution < 1.29 is 27.5 Å². The third kappa shape index (κ3) is 7.34. The van der Waals surface area contributed by atoms with E-state index in [-0.39, 0.29) is 30.8 Å². The van der Waals surface area contributed by atoms with Gasteiger partial charge in [-0.2, -0.15) is 18.3 Å². The van der Waals surface area contributed by atoms with Crippen molar-refractivity contribution in [2.45, 2.75) is 39.3 Å². The minimum absolute atomic E-state index is 0.0840. The predicted octanol–water partition coefficient (Wildman–Crippen LogP) is 5.62.